The van der Waals surface area contributed by atoms with Crippen molar-refractivity contribution in [2.24, 2.45) is 0 Å². The molecule has 1 amide bonds. The van der Waals surface area contributed by atoms with Crippen LogP contribution in [0.3, 0.4) is 0 Å². The highest BCUT2D eigenvalue weighted by molar-refractivity contribution is 7.92. The van der Waals surface area contributed by atoms with E-state index in [4.69, 9.17) is 4.74 Å². The molecule has 0 spiro atoms. The maximum atomic E-state index is 12.7. The summed E-state index contributed by atoms with van der Waals surface area (Å²) in [4.78, 5) is 12.7. The molecule has 0 aliphatic carbocycles. The van der Waals surface area contributed by atoms with E-state index in [2.05, 4.69) is 5.32 Å². The van der Waals surface area contributed by atoms with E-state index >= 15 is 0 Å². The Morgan fingerprint density at radius 1 is 1.04 bits per heavy atom. The average Bonchev–Trinajstić information content (AvgIpc) is 2.69. The maximum absolute atomic E-state index is 12.7. The number of carbonyl (C=O) groups excluding carboxylic acids is 1. The lowest BCUT2D eigenvalue weighted by atomic mass is 10.0. The van der Waals surface area contributed by atoms with Crippen molar-refractivity contribution in [3.8, 4) is 5.75 Å². The third-order valence-corrected chi connectivity index (χ3v) is 5.77. The number of hydrogen-bond donors (Lipinski definition) is 1. The number of amides is 1. The molecular formula is C21H28N2O4S. The molecule has 0 radical (unpaired) electrons. The molecule has 0 saturated carbocycles. The molecule has 0 aliphatic rings. The third-order valence-electron chi connectivity index (χ3n) is 4.57. The van der Waals surface area contributed by atoms with E-state index in [1.165, 1.54) is 11.4 Å². The molecular weight excluding hydrogens is 376 g/mol. The highest BCUT2D eigenvalue weighted by Gasteiger charge is 2.22. The predicted molar refractivity (Wildman–Crippen MR) is 112 cm³/mol. The number of anilines is 1. The van der Waals surface area contributed by atoms with Gasteiger partial charge in [0.25, 0.3) is 5.91 Å². The minimum Gasteiger partial charge on any atom is -0.481 e. The topological polar surface area (TPSA) is 75.7 Å². The SMILES string of the molecule is CC[C@H](NC(=O)[C@@H](CC)Oc1ccc(N(C)S(C)(=O)=O)cc1)c1ccccc1. The van der Waals surface area contributed by atoms with Crippen LogP contribution in [-0.4, -0.2) is 33.7 Å². The number of hydrogen-bond acceptors (Lipinski definition) is 4. The van der Waals surface area contributed by atoms with Gasteiger partial charge in [-0.15, -0.1) is 0 Å². The van der Waals surface area contributed by atoms with Crippen LogP contribution in [0, 0.1) is 0 Å². The fourth-order valence-electron chi connectivity index (χ4n) is 2.78. The Balaban J connectivity index is 2.05. The lowest BCUT2D eigenvalue weighted by Gasteiger charge is -2.23. The van der Waals surface area contributed by atoms with Gasteiger partial charge in [-0.05, 0) is 42.7 Å². The minimum absolute atomic E-state index is 0.0721. The van der Waals surface area contributed by atoms with E-state index in [0.29, 0.717) is 17.9 Å². The monoisotopic (exact) mass is 404 g/mol. The van der Waals surface area contributed by atoms with Crippen molar-refractivity contribution >= 4 is 21.6 Å². The first kappa shape index (κ1) is 21.8. The smallest absolute Gasteiger partial charge is 0.261 e. The summed E-state index contributed by atoms with van der Waals surface area (Å²) in [5.41, 5.74) is 1.59. The molecule has 0 aliphatic heterocycles. The fraction of sp³-hybridized carbons (Fsp3) is 0.381. The third kappa shape index (κ3) is 5.73. The summed E-state index contributed by atoms with van der Waals surface area (Å²) in [5, 5.41) is 3.05. The average molecular weight is 405 g/mol. The van der Waals surface area contributed by atoms with Gasteiger partial charge in [-0.25, -0.2) is 8.42 Å². The second-order valence-electron chi connectivity index (χ2n) is 6.62. The summed E-state index contributed by atoms with van der Waals surface area (Å²) in [7, 11) is -1.84. The van der Waals surface area contributed by atoms with Gasteiger partial charge >= 0.3 is 0 Å². The Bertz CT molecular complexity index is 867. The number of sulfonamides is 1. The van der Waals surface area contributed by atoms with E-state index < -0.39 is 16.1 Å². The minimum atomic E-state index is -3.32. The molecule has 0 aromatic heterocycles. The van der Waals surface area contributed by atoms with Gasteiger partial charge in [-0.1, -0.05) is 44.2 Å². The van der Waals surface area contributed by atoms with E-state index in [1.807, 2.05) is 44.2 Å². The molecule has 7 heteroatoms. The summed E-state index contributed by atoms with van der Waals surface area (Å²) in [6, 6.07) is 16.4. The number of ether oxygens (including phenoxy) is 1. The van der Waals surface area contributed by atoms with Crippen LogP contribution in [0.4, 0.5) is 5.69 Å². The van der Waals surface area contributed by atoms with E-state index in [-0.39, 0.29) is 11.9 Å². The maximum Gasteiger partial charge on any atom is 0.261 e. The van der Waals surface area contributed by atoms with Gasteiger partial charge in [0.2, 0.25) is 10.0 Å². The van der Waals surface area contributed by atoms with Crippen molar-refractivity contribution < 1.29 is 17.9 Å². The van der Waals surface area contributed by atoms with E-state index in [1.54, 1.807) is 24.3 Å². The lowest BCUT2D eigenvalue weighted by Crippen LogP contribution is -2.39. The van der Waals surface area contributed by atoms with Gasteiger partial charge in [0.15, 0.2) is 6.10 Å². The molecule has 0 saturated heterocycles. The van der Waals surface area contributed by atoms with Gasteiger partial charge in [-0.3, -0.25) is 9.10 Å². The molecule has 152 valence electrons. The quantitative estimate of drug-likeness (QED) is 0.694. The molecule has 6 nitrogen and oxygen atoms in total. The van der Waals surface area contributed by atoms with Gasteiger partial charge in [0.05, 0.1) is 18.0 Å². The number of rotatable bonds is 9. The van der Waals surface area contributed by atoms with Crippen molar-refractivity contribution in [3.63, 3.8) is 0 Å². The van der Waals surface area contributed by atoms with Crippen LogP contribution in [0.25, 0.3) is 0 Å². The summed E-state index contributed by atoms with van der Waals surface area (Å²) in [5.74, 6) is 0.343. The highest BCUT2D eigenvalue weighted by atomic mass is 32.2. The first-order chi connectivity index (χ1) is 13.3. The van der Waals surface area contributed by atoms with E-state index in [9.17, 15) is 13.2 Å². The largest absolute Gasteiger partial charge is 0.481 e. The van der Waals surface area contributed by atoms with Crippen molar-refractivity contribution in [3.05, 3.63) is 60.2 Å². The predicted octanol–water partition coefficient (Wildman–Crippen LogP) is 3.51. The molecule has 0 heterocycles. The number of benzene rings is 2. The van der Waals surface area contributed by atoms with Gasteiger partial charge in [-0.2, -0.15) is 0 Å². The van der Waals surface area contributed by atoms with Crippen LogP contribution in [0.1, 0.15) is 38.3 Å². The molecule has 2 aromatic rings. The van der Waals surface area contributed by atoms with Crippen LogP contribution < -0.4 is 14.4 Å². The summed E-state index contributed by atoms with van der Waals surface area (Å²) in [6.45, 7) is 3.91. The summed E-state index contributed by atoms with van der Waals surface area (Å²) in [6.07, 6.45) is 1.81. The molecule has 2 atom stereocenters. The Morgan fingerprint density at radius 3 is 2.14 bits per heavy atom. The second kappa shape index (κ2) is 9.59. The Hall–Kier alpha value is -2.54. The molecule has 0 bridgehead atoms. The van der Waals surface area contributed by atoms with Crippen molar-refractivity contribution in [1.82, 2.24) is 5.32 Å². The molecule has 28 heavy (non-hydrogen) atoms. The summed E-state index contributed by atoms with van der Waals surface area (Å²) < 4.78 is 30.3. The molecule has 0 fully saturated rings. The van der Waals surface area contributed by atoms with Gasteiger partial charge in [0.1, 0.15) is 5.75 Å². The van der Waals surface area contributed by atoms with Gasteiger partial charge < -0.3 is 10.1 Å². The standard InChI is InChI=1S/C21H28N2O4S/c1-5-19(16-10-8-7-9-11-16)22-21(24)20(6-2)27-18-14-12-17(13-15-18)23(3)28(4,25)26/h7-15,19-20H,5-6H2,1-4H3,(H,22,24)/t19-,20+/m0/s1. The molecule has 0 unspecified atom stereocenters. The Labute approximate surface area is 167 Å². The van der Waals surface area contributed by atoms with Crippen LogP contribution in [-0.2, 0) is 14.8 Å². The van der Waals surface area contributed by atoms with Crippen LogP contribution in [0.5, 0.6) is 5.75 Å². The number of nitrogens with one attached hydrogen (secondary N) is 1. The lowest BCUT2D eigenvalue weighted by molar-refractivity contribution is -0.128. The normalized spacial score (nSPS) is 13.4. The Morgan fingerprint density at radius 2 is 1.64 bits per heavy atom. The Kier molecular flexibility index (Phi) is 7.45. The van der Waals surface area contributed by atoms with Crippen molar-refractivity contribution in [2.75, 3.05) is 17.6 Å². The zero-order chi connectivity index (χ0) is 20.7. The fourth-order valence-corrected chi connectivity index (χ4v) is 3.29. The van der Waals surface area contributed by atoms with E-state index in [0.717, 1.165) is 18.2 Å². The van der Waals surface area contributed by atoms with Gasteiger partial charge in [0, 0.05) is 7.05 Å². The zero-order valence-electron chi connectivity index (χ0n) is 16.8. The second-order valence-corrected chi connectivity index (χ2v) is 8.63. The first-order valence-corrected chi connectivity index (χ1v) is 11.2. The molecule has 2 rings (SSSR count). The molecule has 1 N–H and O–H groups in total. The van der Waals surface area contributed by atoms with Crippen molar-refractivity contribution in [2.45, 2.75) is 38.8 Å². The first-order valence-electron chi connectivity index (χ1n) is 9.32. The molecule has 2 aromatic carbocycles. The number of nitrogens with zero attached hydrogens (tertiary/aromatic N) is 1. The van der Waals surface area contributed by atoms with Crippen molar-refractivity contribution in [1.29, 1.82) is 0 Å². The van der Waals surface area contributed by atoms with Crippen LogP contribution in [0.2, 0.25) is 0 Å². The summed E-state index contributed by atoms with van der Waals surface area (Å²) >= 11 is 0. The number of carbonyl (C=O) groups is 1. The zero-order valence-corrected chi connectivity index (χ0v) is 17.6. The van der Waals surface area contributed by atoms with Crippen LogP contribution in [0.15, 0.2) is 54.6 Å². The van der Waals surface area contributed by atoms with Crippen LogP contribution >= 0.6 is 0 Å². The highest BCUT2D eigenvalue weighted by Crippen LogP contribution is 2.22.